The fraction of sp³-hybridized carbons (Fsp3) is 0.538. The third-order valence-electron chi connectivity index (χ3n) is 4.19. The van der Waals surface area contributed by atoms with E-state index < -0.39 is 22.4 Å². The molecule has 7 heteroatoms. The predicted molar refractivity (Wildman–Crippen MR) is 67.2 cm³/mol. The molecule has 2 rings (SSSR count). The third kappa shape index (κ3) is 2.26. The lowest BCUT2D eigenvalue weighted by atomic mass is 9.99. The Balaban J connectivity index is 2.48. The standard InChI is InChI=1S/C13H15F3N2O2/c1-12(2)9(6-17)11(12)8-4-3-7(13(14,15)16)5-10(8)18(19)20/h3-5,9,11H,6,17H2,1-2H3/t9-,11-/m0/s1. The van der Waals surface area contributed by atoms with E-state index in [1.165, 1.54) is 6.07 Å². The van der Waals surface area contributed by atoms with E-state index >= 15 is 0 Å². The molecule has 1 aliphatic carbocycles. The summed E-state index contributed by atoms with van der Waals surface area (Å²) < 4.78 is 37.9. The van der Waals surface area contributed by atoms with E-state index in [0.717, 1.165) is 6.07 Å². The van der Waals surface area contributed by atoms with E-state index in [1.807, 2.05) is 13.8 Å². The number of nitrogens with zero attached hydrogens (tertiary/aromatic N) is 1. The smallest absolute Gasteiger partial charge is 0.330 e. The first-order valence-corrected chi connectivity index (χ1v) is 6.16. The summed E-state index contributed by atoms with van der Waals surface area (Å²) in [6, 6.07) is 2.71. The van der Waals surface area contributed by atoms with Crippen LogP contribution in [0.4, 0.5) is 18.9 Å². The topological polar surface area (TPSA) is 69.2 Å². The molecule has 1 aliphatic rings. The van der Waals surface area contributed by atoms with Gasteiger partial charge < -0.3 is 5.73 Å². The van der Waals surface area contributed by atoms with Gasteiger partial charge in [0.25, 0.3) is 5.69 Å². The van der Waals surface area contributed by atoms with Crippen molar-refractivity contribution in [2.45, 2.75) is 25.9 Å². The average Bonchev–Trinajstić information content (AvgIpc) is 2.88. The Kier molecular flexibility index (Phi) is 3.28. The zero-order valence-electron chi connectivity index (χ0n) is 11.1. The normalized spacial score (nSPS) is 24.5. The largest absolute Gasteiger partial charge is 0.416 e. The molecule has 20 heavy (non-hydrogen) atoms. The van der Waals surface area contributed by atoms with Crippen LogP contribution < -0.4 is 5.73 Å². The highest BCUT2D eigenvalue weighted by Gasteiger charge is 2.59. The van der Waals surface area contributed by atoms with Gasteiger partial charge in [0.2, 0.25) is 0 Å². The molecule has 0 radical (unpaired) electrons. The number of alkyl halides is 3. The Labute approximate surface area is 113 Å². The molecule has 110 valence electrons. The molecule has 0 aromatic heterocycles. The summed E-state index contributed by atoms with van der Waals surface area (Å²) >= 11 is 0. The first-order chi connectivity index (χ1) is 9.10. The van der Waals surface area contributed by atoms with Gasteiger partial charge in [-0.25, -0.2) is 0 Å². The number of nitrogens with two attached hydrogens (primary N) is 1. The third-order valence-corrected chi connectivity index (χ3v) is 4.19. The fourth-order valence-corrected chi connectivity index (χ4v) is 2.94. The van der Waals surface area contributed by atoms with Crippen LogP contribution in [-0.2, 0) is 6.18 Å². The quantitative estimate of drug-likeness (QED) is 0.685. The first kappa shape index (κ1) is 14.8. The summed E-state index contributed by atoms with van der Waals surface area (Å²) in [6.45, 7) is 4.18. The number of hydrogen-bond donors (Lipinski definition) is 1. The highest BCUT2D eigenvalue weighted by atomic mass is 19.4. The van der Waals surface area contributed by atoms with E-state index in [1.54, 1.807) is 0 Å². The molecule has 0 aliphatic heterocycles. The highest BCUT2D eigenvalue weighted by molar-refractivity contribution is 5.50. The second-order valence-electron chi connectivity index (χ2n) is 5.67. The summed E-state index contributed by atoms with van der Waals surface area (Å²) in [5.74, 6) is -0.117. The SMILES string of the molecule is CC1(C)[C@@H](CN)[C@@H]1c1ccc(C(F)(F)F)cc1[N+](=O)[O-]. The molecule has 1 fully saturated rings. The van der Waals surface area contributed by atoms with Gasteiger partial charge in [-0.3, -0.25) is 10.1 Å². The van der Waals surface area contributed by atoms with Gasteiger partial charge in [0.05, 0.1) is 10.5 Å². The van der Waals surface area contributed by atoms with Crippen molar-refractivity contribution < 1.29 is 18.1 Å². The van der Waals surface area contributed by atoms with Crippen LogP contribution >= 0.6 is 0 Å². The molecule has 2 N–H and O–H groups in total. The lowest BCUT2D eigenvalue weighted by Crippen LogP contribution is -2.07. The molecule has 0 spiro atoms. The molecule has 1 saturated carbocycles. The van der Waals surface area contributed by atoms with E-state index in [9.17, 15) is 23.3 Å². The molecule has 4 nitrogen and oxygen atoms in total. The van der Waals surface area contributed by atoms with Crippen molar-refractivity contribution in [3.8, 4) is 0 Å². The van der Waals surface area contributed by atoms with Gasteiger partial charge >= 0.3 is 6.18 Å². The van der Waals surface area contributed by atoms with Crippen molar-refractivity contribution in [1.82, 2.24) is 0 Å². The van der Waals surface area contributed by atoms with Crippen LogP contribution in [0, 0.1) is 21.4 Å². The lowest BCUT2D eigenvalue weighted by Gasteiger charge is -2.09. The van der Waals surface area contributed by atoms with Gasteiger partial charge in [0.1, 0.15) is 0 Å². The summed E-state index contributed by atoms with van der Waals surface area (Å²) in [4.78, 5) is 10.3. The summed E-state index contributed by atoms with van der Waals surface area (Å²) in [7, 11) is 0. The van der Waals surface area contributed by atoms with Gasteiger partial charge in [0.15, 0.2) is 0 Å². The molecule has 1 aromatic carbocycles. The van der Waals surface area contributed by atoms with E-state index in [2.05, 4.69) is 0 Å². The van der Waals surface area contributed by atoms with Crippen LogP contribution in [-0.4, -0.2) is 11.5 Å². The Bertz CT molecular complexity index is 555. The lowest BCUT2D eigenvalue weighted by molar-refractivity contribution is -0.385. The van der Waals surface area contributed by atoms with Crippen LogP contribution in [0.15, 0.2) is 18.2 Å². The maximum absolute atomic E-state index is 12.6. The van der Waals surface area contributed by atoms with Crippen molar-refractivity contribution in [2.75, 3.05) is 6.54 Å². The number of nitro groups is 1. The average molecular weight is 288 g/mol. The molecular formula is C13H15F3N2O2. The van der Waals surface area contributed by atoms with Crippen LogP contribution in [0.1, 0.15) is 30.9 Å². The van der Waals surface area contributed by atoms with Crippen LogP contribution in [0.25, 0.3) is 0 Å². The number of benzene rings is 1. The minimum absolute atomic E-state index is 0.0536. The van der Waals surface area contributed by atoms with Crippen LogP contribution in [0.5, 0.6) is 0 Å². The molecule has 0 saturated heterocycles. The monoisotopic (exact) mass is 288 g/mol. The molecule has 0 bridgehead atoms. The van der Waals surface area contributed by atoms with Crippen molar-refractivity contribution in [3.05, 3.63) is 39.4 Å². The van der Waals surface area contributed by atoms with Crippen molar-refractivity contribution in [3.63, 3.8) is 0 Å². The van der Waals surface area contributed by atoms with Crippen LogP contribution in [0.2, 0.25) is 0 Å². The van der Waals surface area contributed by atoms with Gasteiger partial charge in [0, 0.05) is 17.5 Å². The van der Waals surface area contributed by atoms with E-state index in [-0.39, 0.29) is 17.3 Å². The molecule has 0 amide bonds. The number of nitro benzene ring substituents is 1. The van der Waals surface area contributed by atoms with Crippen molar-refractivity contribution in [1.29, 1.82) is 0 Å². The Hall–Kier alpha value is -1.63. The van der Waals surface area contributed by atoms with Gasteiger partial charge in [-0.1, -0.05) is 19.9 Å². The summed E-state index contributed by atoms with van der Waals surface area (Å²) in [6.07, 6.45) is -4.59. The highest BCUT2D eigenvalue weighted by Crippen LogP contribution is 2.65. The predicted octanol–water partition coefficient (Wildman–Crippen LogP) is 3.31. The Morgan fingerprint density at radius 3 is 2.40 bits per heavy atom. The van der Waals surface area contributed by atoms with E-state index in [4.69, 9.17) is 5.73 Å². The van der Waals surface area contributed by atoms with Gasteiger partial charge in [-0.05, 0) is 23.9 Å². The minimum Gasteiger partial charge on any atom is -0.330 e. The number of rotatable bonds is 3. The van der Waals surface area contributed by atoms with E-state index in [0.29, 0.717) is 18.2 Å². The zero-order chi connectivity index (χ0) is 15.3. The van der Waals surface area contributed by atoms with Crippen molar-refractivity contribution in [2.24, 2.45) is 17.1 Å². The first-order valence-electron chi connectivity index (χ1n) is 6.16. The molecule has 0 unspecified atom stereocenters. The number of halogens is 3. The van der Waals surface area contributed by atoms with Crippen LogP contribution in [0.3, 0.4) is 0 Å². The number of hydrogen-bond acceptors (Lipinski definition) is 3. The van der Waals surface area contributed by atoms with Gasteiger partial charge in [-0.2, -0.15) is 13.2 Å². The second-order valence-corrected chi connectivity index (χ2v) is 5.67. The molecular weight excluding hydrogens is 273 g/mol. The maximum Gasteiger partial charge on any atom is 0.416 e. The molecule has 2 atom stereocenters. The maximum atomic E-state index is 12.6. The Morgan fingerprint density at radius 1 is 1.40 bits per heavy atom. The fourth-order valence-electron chi connectivity index (χ4n) is 2.94. The Morgan fingerprint density at radius 2 is 2.00 bits per heavy atom. The second kappa shape index (κ2) is 4.44. The zero-order valence-corrected chi connectivity index (χ0v) is 11.1. The van der Waals surface area contributed by atoms with Crippen molar-refractivity contribution >= 4 is 5.69 Å². The molecule has 1 aromatic rings. The summed E-state index contributed by atoms with van der Waals surface area (Å²) in [5, 5.41) is 11.0. The van der Waals surface area contributed by atoms with Gasteiger partial charge in [-0.15, -0.1) is 0 Å². The summed E-state index contributed by atoms with van der Waals surface area (Å²) in [5.41, 5.74) is 4.24. The minimum atomic E-state index is -4.59. The molecule has 0 heterocycles.